The van der Waals surface area contributed by atoms with Crippen molar-refractivity contribution in [3.63, 3.8) is 0 Å². The van der Waals surface area contributed by atoms with Gasteiger partial charge in [0.15, 0.2) is 0 Å². The SMILES string of the molecule is N[C@@H](Cc1ccccc1)C(=O)N1CCC(OC=O)C2CCCCC21. The number of hydrogen-bond acceptors (Lipinski definition) is 4. The van der Waals surface area contributed by atoms with Crippen LogP contribution in [-0.4, -0.2) is 42.0 Å². The second kappa shape index (κ2) is 7.79. The number of benzene rings is 1. The number of fused-ring (bicyclic) bond motifs is 1. The van der Waals surface area contributed by atoms with E-state index in [1.165, 1.54) is 0 Å². The van der Waals surface area contributed by atoms with Gasteiger partial charge in [0, 0.05) is 24.9 Å². The van der Waals surface area contributed by atoms with E-state index in [2.05, 4.69) is 0 Å². The first-order valence-electron chi connectivity index (χ1n) is 8.90. The molecule has 0 bridgehead atoms. The lowest BCUT2D eigenvalue weighted by molar-refractivity contribution is -0.151. The van der Waals surface area contributed by atoms with Crippen LogP contribution in [0.15, 0.2) is 30.3 Å². The summed E-state index contributed by atoms with van der Waals surface area (Å²) >= 11 is 0. The van der Waals surface area contributed by atoms with E-state index < -0.39 is 6.04 Å². The first-order chi connectivity index (χ1) is 11.7. The van der Waals surface area contributed by atoms with Crippen LogP contribution in [0.3, 0.4) is 0 Å². The number of hydrogen-bond donors (Lipinski definition) is 1. The van der Waals surface area contributed by atoms with E-state index in [4.69, 9.17) is 10.5 Å². The van der Waals surface area contributed by atoms with Crippen LogP contribution in [0.2, 0.25) is 0 Å². The molecule has 4 atom stereocenters. The molecule has 0 spiro atoms. The van der Waals surface area contributed by atoms with Gasteiger partial charge in [-0.3, -0.25) is 9.59 Å². The summed E-state index contributed by atoms with van der Waals surface area (Å²) in [4.78, 5) is 25.6. The maximum atomic E-state index is 12.9. The number of nitrogens with two attached hydrogens (primary N) is 1. The fraction of sp³-hybridized carbons (Fsp3) is 0.579. The summed E-state index contributed by atoms with van der Waals surface area (Å²) < 4.78 is 5.29. The monoisotopic (exact) mass is 330 g/mol. The zero-order valence-electron chi connectivity index (χ0n) is 14.0. The maximum Gasteiger partial charge on any atom is 0.293 e. The summed E-state index contributed by atoms with van der Waals surface area (Å²) in [7, 11) is 0. The van der Waals surface area contributed by atoms with Gasteiger partial charge in [0.25, 0.3) is 6.47 Å². The summed E-state index contributed by atoms with van der Waals surface area (Å²) in [6.45, 7) is 1.18. The molecule has 1 saturated heterocycles. The minimum atomic E-state index is -0.515. The Hall–Kier alpha value is -1.88. The van der Waals surface area contributed by atoms with Crippen molar-refractivity contribution in [2.24, 2.45) is 11.7 Å². The first kappa shape index (κ1) is 17.0. The van der Waals surface area contributed by atoms with Crippen molar-refractivity contribution in [2.75, 3.05) is 6.54 Å². The molecule has 1 aromatic rings. The molecular formula is C19H26N2O3. The molecule has 1 amide bonds. The average molecular weight is 330 g/mol. The van der Waals surface area contributed by atoms with Crippen molar-refractivity contribution in [3.05, 3.63) is 35.9 Å². The maximum absolute atomic E-state index is 12.9. The Kier molecular flexibility index (Phi) is 5.51. The van der Waals surface area contributed by atoms with Crippen LogP contribution in [0.25, 0.3) is 0 Å². The highest BCUT2D eigenvalue weighted by atomic mass is 16.5. The molecule has 5 heteroatoms. The Bertz CT molecular complexity index is 563. The van der Waals surface area contributed by atoms with Gasteiger partial charge in [0.2, 0.25) is 5.91 Å². The zero-order chi connectivity index (χ0) is 16.9. The lowest BCUT2D eigenvalue weighted by atomic mass is 9.76. The molecule has 2 fully saturated rings. The van der Waals surface area contributed by atoms with E-state index in [1.54, 1.807) is 0 Å². The summed E-state index contributed by atoms with van der Waals surface area (Å²) in [5.74, 6) is 0.283. The molecule has 3 rings (SSSR count). The number of likely N-dealkylation sites (tertiary alicyclic amines) is 1. The van der Waals surface area contributed by atoms with E-state index in [-0.39, 0.29) is 24.0 Å². The Labute approximate surface area is 143 Å². The lowest BCUT2D eigenvalue weighted by Crippen LogP contribution is -2.58. The average Bonchev–Trinajstić information content (AvgIpc) is 2.62. The molecule has 2 aliphatic rings. The molecule has 0 aromatic heterocycles. The molecule has 1 aliphatic heterocycles. The number of piperidine rings is 1. The van der Waals surface area contributed by atoms with Gasteiger partial charge in [-0.15, -0.1) is 0 Å². The zero-order valence-corrected chi connectivity index (χ0v) is 14.0. The molecule has 5 nitrogen and oxygen atoms in total. The van der Waals surface area contributed by atoms with Crippen LogP contribution in [0, 0.1) is 5.92 Å². The van der Waals surface area contributed by atoms with Gasteiger partial charge in [0.1, 0.15) is 6.10 Å². The van der Waals surface area contributed by atoms with Crippen LogP contribution >= 0.6 is 0 Å². The molecule has 1 saturated carbocycles. The van der Waals surface area contributed by atoms with Gasteiger partial charge in [-0.05, 0) is 24.8 Å². The lowest BCUT2D eigenvalue weighted by Gasteiger charge is -2.47. The predicted molar refractivity (Wildman–Crippen MR) is 91.1 cm³/mol. The summed E-state index contributed by atoms with van der Waals surface area (Å²) in [5.41, 5.74) is 7.30. The molecule has 130 valence electrons. The van der Waals surface area contributed by atoms with Gasteiger partial charge >= 0.3 is 0 Å². The van der Waals surface area contributed by atoms with E-state index in [0.29, 0.717) is 25.9 Å². The molecule has 1 aromatic carbocycles. The van der Waals surface area contributed by atoms with Gasteiger partial charge in [0.05, 0.1) is 6.04 Å². The predicted octanol–water partition coefficient (Wildman–Crippen LogP) is 1.89. The third-order valence-corrected chi connectivity index (χ3v) is 5.44. The Morgan fingerprint density at radius 1 is 1.25 bits per heavy atom. The molecule has 24 heavy (non-hydrogen) atoms. The van der Waals surface area contributed by atoms with E-state index in [1.807, 2.05) is 35.2 Å². The summed E-state index contributed by atoms with van der Waals surface area (Å²) in [6.07, 6.45) is 5.46. The normalized spacial score (nSPS) is 27.9. The minimum absolute atomic E-state index is 0.0281. The number of carbonyl (C=O) groups is 2. The van der Waals surface area contributed by atoms with Crippen molar-refractivity contribution in [1.29, 1.82) is 0 Å². The molecule has 1 aliphatic carbocycles. The fourth-order valence-electron chi connectivity index (χ4n) is 4.29. The Balaban J connectivity index is 1.68. The third-order valence-electron chi connectivity index (χ3n) is 5.44. The fourth-order valence-corrected chi connectivity index (χ4v) is 4.29. The van der Waals surface area contributed by atoms with Gasteiger partial charge in [-0.1, -0.05) is 43.2 Å². The second-order valence-electron chi connectivity index (χ2n) is 6.90. The van der Waals surface area contributed by atoms with Crippen molar-refractivity contribution in [2.45, 2.75) is 56.7 Å². The third kappa shape index (κ3) is 3.61. The van der Waals surface area contributed by atoms with E-state index in [0.717, 1.165) is 31.2 Å². The largest absolute Gasteiger partial charge is 0.464 e. The minimum Gasteiger partial charge on any atom is -0.464 e. The van der Waals surface area contributed by atoms with Crippen molar-refractivity contribution < 1.29 is 14.3 Å². The van der Waals surface area contributed by atoms with E-state index >= 15 is 0 Å². The molecular weight excluding hydrogens is 304 g/mol. The van der Waals surface area contributed by atoms with Crippen LogP contribution in [0.1, 0.15) is 37.7 Å². The highest BCUT2D eigenvalue weighted by Gasteiger charge is 2.43. The summed E-state index contributed by atoms with van der Waals surface area (Å²) in [5, 5.41) is 0. The van der Waals surface area contributed by atoms with Crippen LogP contribution in [0.5, 0.6) is 0 Å². The van der Waals surface area contributed by atoms with Crippen LogP contribution in [0.4, 0.5) is 0 Å². The molecule has 3 unspecified atom stereocenters. The number of rotatable bonds is 5. The van der Waals surface area contributed by atoms with Crippen LogP contribution < -0.4 is 5.73 Å². The van der Waals surface area contributed by atoms with Crippen LogP contribution in [-0.2, 0) is 20.7 Å². The smallest absolute Gasteiger partial charge is 0.293 e. The quantitative estimate of drug-likeness (QED) is 0.837. The second-order valence-corrected chi connectivity index (χ2v) is 6.90. The van der Waals surface area contributed by atoms with E-state index in [9.17, 15) is 9.59 Å². The van der Waals surface area contributed by atoms with Crippen molar-refractivity contribution in [3.8, 4) is 0 Å². The molecule has 1 heterocycles. The molecule has 2 N–H and O–H groups in total. The summed E-state index contributed by atoms with van der Waals surface area (Å²) in [6, 6.07) is 9.53. The highest BCUT2D eigenvalue weighted by molar-refractivity contribution is 5.82. The number of nitrogens with zero attached hydrogens (tertiary/aromatic N) is 1. The highest BCUT2D eigenvalue weighted by Crippen LogP contribution is 2.37. The Morgan fingerprint density at radius 2 is 2.00 bits per heavy atom. The topological polar surface area (TPSA) is 72.6 Å². The van der Waals surface area contributed by atoms with Gasteiger partial charge in [-0.2, -0.15) is 0 Å². The van der Waals surface area contributed by atoms with Crippen molar-refractivity contribution >= 4 is 12.4 Å². The number of ether oxygens (including phenoxy) is 1. The standard InChI is InChI=1S/C19H26N2O3/c20-16(12-14-6-2-1-3-7-14)19(23)21-11-10-18(24-13-22)15-8-4-5-9-17(15)21/h1-3,6-7,13,15-18H,4-5,8-12,20H2/t15?,16-,17?,18?/m0/s1. The van der Waals surface area contributed by atoms with Gasteiger partial charge < -0.3 is 15.4 Å². The van der Waals surface area contributed by atoms with Gasteiger partial charge in [-0.25, -0.2) is 0 Å². The Morgan fingerprint density at radius 3 is 2.75 bits per heavy atom. The number of amides is 1. The number of carbonyl (C=O) groups excluding carboxylic acids is 2. The first-order valence-corrected chi connectivity index (χ1v) is 8.90. The van der Waals surface area contributed by atoms with Crippen molar-refractivity contribution in [1.82, 2.24) is 4.90 Å². The molecule has 0 radical (unpaired) electrons.